The average molecular weight is 480 g/mol. The standard InChI is InChI=1S/C12H13F4NO3S.C7H4FNS/c13-9-5-8(12(14,15)16)1-2-10(9)21(20)17-4-3-11(19,6-17)7-18;8-7-3-6(10)2-1-5(7)4-9/h1-2,5,18-19H,3-4,6-7H2;1-3,10H. The van der Waals surface area contributed by atoms with Gasteiger partial charge in [0.15, 0.2) is 0 Å². The number of halogens is 5. The van der Waals surface area contributed by atoms with Crippen molar-refractivity contribution in [3.63, 3.8) is 0 Å². The molecule has 2 atom stereocenters. The van der Waals surface area contributed by atoms with E-state index < -0.39 is 46.6 Å². The van der Waals surface area contributed by atoms with Gasteiger partial charge in [0, 0.05) is 18.0 Å². The zero-order valence-electron chi connectivity index (χ0n) is 15.7. The second kappa shape index (κ2) is 10.1. The van der Waals surface area contributed by atoms with Gasteiger partial charge in [-0.2, -0.15) is 18.4 Å². The maximum atomic E-state index is 13.7. The molecule has 31 heavy (non-hydrogen) atoms. The molecule has 0 amide bonds. The van der Waals surface area contributed by atoms with E-state index in [1.54, 1.807) is 12.1 Å². The molecule has 2 N–H and O–H groups in total. The van der Waals surface area contributed by atoms with Crippen LogP contribution in [-0.2, 0) is 17.2 Å². The van der Waals surface area contributed by atoms with Gasteiger partial charge < -0.3 is 10.2 Å². The van der Waals surface area contributed by atoms with Crippen molar-refractivity contribution < 1.29 is 36.4 Å². The molecule has 0 radical (unpaired) electrons. The molecule has 1 heterocycles. The van der Waals surface area contributed by atoms with E-state index in [4.69, 9.17) is 10.4 Å². The quantitative estimate of drug-likeness (QED) is 0.465. The number of benzene rings is 2. The zero-order chi connectivity index (χ0) is 23.4. The fourth-order valence-corrected chi connectivity index (χ4v) is 4.13. The number of aliphatic hydroxyl groups excluding tert-OH is 1. The molecule has 0 bridgehead atoms. The number of alkyl halides is 3. The van der Waals surface area contributed by atoms with Gasteiger partial charge in [0.2, 0.25) is 0 Å². The first-order valence-corrected chi connectivity index (χ1v) is 10.2. The Morgan fingerprint density at radius 2 is 1.87 bits per heavy atom. The van der Waals surface area contributed by atoms with E-state index in [0.717, 1.165) is 6.07 Å². The van der Waals surface area contributed by atoms with Crippen LogP contribution >= 0.6 is 12.6 Å². The minimum Gasteiger partial charge on any atom is -0.393 e. The normalized spacial score (nSPS) is 20.0. The van der Waals surface area contributed by atoms with Gasteiger partial charge in [0.05, 0.1) is 22.6 Å². The third-order valence-electron chi connectivity index (χ3n) is 4.35. The first-order chi connectivity index (χ1) is 14.4. The molecule has 2 aromatic carbocycles. The molecule has 0 aromatic heterocycles. The summed E-state index contributed by atoms with van der Waals surface area (Å²) in [6.45, 7) is -0.531. The summed E-state index contributed by atoms with van der Waals surface area (Å²) in [5.41, 5.74) is -2.52. The maximum absolute atomic E-state index is 13.7. The van der Waals surface area contributed by atoms with Gasteiger partial charge in [0.25, 0.3) is 0 Å². The van der Waals surface area contributed by atoms with Crippen molar-refractivity contribution >= 4 is 23.6 Å². The minimum atomic E-state index is -4.67. The number of nitriles is 1. The van der Waals surface area contributed by atoms with Crippen molar-refractivity contribution in [2.75, 3.05) is 19.7 Å². The van der Waals surface area contributed by atoms with Crippen LogP contribution in [0.1, 0.15) is 17.5 Å². The summed E-state index contributed by atoms with van der Waals surface area (Å²) in [6, 6.07) is 7.67. The second-order valence-electron chi connectivity index (χ2n) is 6.66. The molecular weight excluding hydrogens is 463 g/mol. The summed E-state index contributed by atoms with van der Waals surface area (Å²) in [5.74, 6) is -1.74. The number of aliphatic hydroxyl groups is 2. The van der Waals surface area contributed by atoms with Crippen LogP contribution in [0.2, 0.25) is 0 Å². The molecule has 0 saturated carbocycles. The fraction of sp³-hybridized carbons (Fsp3) is 0.316. The van der Waals surface area contributed by atoms with Crippen molar-refractivity contribution in [3.05, 3.63) is 59.2 Å². The van der Waals surface area contributed by atoms with Crippen molar-refractivity contribution in [2.45, 2.75) is 28.0 Å². The summed E-state index contributed by atoms with van der Waals surface area (Å²) < 4.78 is 77.0. The number of β-amino-alcohol motifs (C(OH)–C–C–N with tert-alkyl or cyclic N) is 1. The molecule has 168 valence electrons. The van der Waals surface area contributed by atoms with E-state index in [9.17, 15) is 31.3 Å². The van der Waals surface area contributed by atoms with Gasteiger partial charge in [0.1, 0.15) is 34.3 Å². The largest absolute Gasteiger partial charge is 0.416 e. The van der Waals surface area contributed by atoms with Crippen molar-refractivity contribution in [1.82, 2.24) is 4.31 Å². The van der Waals surface area contributed by atoms with E-state index >= 15 is 0 Å². The van der Waals surface area contributed by atoms with Crippen LogP contribution in [0.5, 0.6) is 0 Å². The summed E-state index contributed by atoms with van der Waals surface area (Å²) in [5, 5.41) is 27.1. The van der Waals surface area contributed by atoms with Crippen LogP contribution in [0.4, 0.5) is 22.0 Å². The monoisotopic (exact) mass is 480 g/mol. The van der Waals surface area contributed by atoms with Gasteiger partial charge in [-0.1, -0.05) is 0 Å². The number of hydrogen-bond donors (Lipinski definition) is 3. The van der Waals surface area contributed by atoms with Gasteiger partial charge in [-0.15, -0.1) is 12.6 Å². The Kier molecular flexibility index (Phi) is 8.18. The molecule has 1 saturated heterocycles. The van der Waals surface area contributed by atoms with Crippen molar-refractivity contribution in [3.8, 4) is 6.07 Å². The fourth-order valence-electron chi connectivity index (χ4n) is 2.64. The Hall–Kier alpha value is -2.04. The Morgan fingerprint density at radius 3 is 2.35 bits per heavy atom. The number of hydrogen-bond acceptors (Lipinski definition) is 5. The highest BCUT2D eigenvalue weighted by molar-refractivity contribution is 7.82. The molecule has 1 aliphatic heterocycles. The molecule has 2 unspecified atom stereocenters. The lowest BCUT2D eigenvalue weighted by atomic mass is 10.1. The van der Waals surface area contributed by atoms with Crippen LogP contribution in [0.15, 0.2) is 46.2 Å². The summed E-state index contributed by atoms with van der Waals surface area (Å²) in [7, 11) is -2.03. The van der Waals surface area contributed by atoms with E-state index in [2.05, 4.69) is 12.6 Å². The molecule has 5 nitrogen and oxygen atoms in total. The molecule has 12 heteroatoms. The molecular formula is C19H17F5N2O3S2. The Balaban J connectivity index is 0.000000285. The predicted octanol–water partition coefficient (Wildman–Crippen LogP) is 3.28. The van der Waals surface area contributed by atoms with Crippen LogP contribution in [0.25, 0.3) is 0 Å². The molecule has 3 rings (SSSR count). The third kappa shape index (κ3) is 6.47. The van der Waals surface area contributed by atoms with Gasteiger partial charge in [-0.25, -0.2) is 17.3 Å². The highest BCUT2D eigenvalue weighted by Gasteiger charge is 2.39. The lowest BCUT2D eigenvalue weighted by molar-refractivity contribution is -0.137. The predicted molar refractivity (Wildman–Crippen MR) is 104 cm³/mol. The van der Waals surface area contributed by atoms with E-state index in [1.807, 2.05) is 0 Å². The van der Waals surface area contributed by atoms with Gasteiger partial charge >= 0.3 is 6.18 Å². The summed E-state index contributed by atoms with van der Waals surface area (Å²) >= 11 is 3.89. The first-order valence-electron chi connectivity index (χ1n) is 8.65. The molecule has 0 aliphatic carbocycles. The highest BCUT2D eigenvalue weighted by atomic mass is 32.2. The van der Waals surface area contributed by atoms with E-state index in [-0.39, 0.29) is 30.0 Å². The van der Waals surface area contributed by atoms with Crippen LogP contribution in [0.3, 0.4) is 0 Å². The molecule has 0 spiro atoms. The number of thiol groups is 1. The smallest absolute Gasteiger partial charge is 0.393 e. The summed E-state index contributed by atoms with van der Waals surface area (Å²) in [6.07, 6.45) is -4.52. The lowest BCUT2D eigenvalue weighted by Crippen LogP contribution is -2.37. The minimum absolute atomic E-state index is 0.0535. The Labute approximate surface area is 182 Å². The number of nitrogens with zero attached hydrogens (tertiary/aromatic N) is 2. The third-order valence-corrected chi connectivity index (χ3v) is 6.11. The number of rotatable bonds is 3. The van der Waals surface area contributed by atoms with E-state index in [1.165, 1.54) is 16.4 Å². The first kappa shape index (κ1) is 25.2. The average Bonchev–Trinajstić information content (AvgIpc) is 3.10. The van der Waals surface area contributed by atoms with Crippen LogP contribution < -0.4 is 0 Å². The zero-order valence-corrected chi connectivity index (χ0v) is 17.4. The highest BCUT2D eigenvalue weighted by Crippen LogP contribution is 2.32. The Bertz CT molecular complexity index is 1010. The van der Waals surface area contributed by atoms with Gasteiger partial charge in [-0.05, 0) is 42.8 Å². The SMILES string of the molecule is N#Cc1ccc(S)cc1F.O=S(c1ccc(C(F)(F)F)cc1F)N1CCC(O)(CO)C1. The molecule has 1 fully saturated rings. The summed E-state index contributed by atoms with van der Waals surface area (Å²) in [4.78, 5) is 0.140. The molecule has 1 aliphatic rings. The van der Waals surface area contributed by atoms with Crippen molar-refractivity contribution in [1.29, 1.82) is 5.26 Å². The lowest BCUT2D eigenvalue weighted by Gasteiger charge is -2.20. The topological polar surface area (TPSA) is 84.6 Å². The maximum Gasteiger partial charge on any atom is 0.416 e. The van der Waals surface area contributed by atoms with Crippen molar-refractivity contribution in [2.24, 2.45) is 0 Å². The van der Waals surface area contributed by atoms with Gasteiger partial charge in [-0.3, -0.25) is 0 Å². The molecule has 2 aromatic rings. The Morgan fingerprint density at radius 1 is 1.19 bits per heavy atom. The van der Waals surface area contributed by atoms with Crippen LogP contribution in [-0.4, -0.2) is 44.0 Å². The second-order valence-corrected chi connectivity index (χ2v) is 8.63. The van der Waals surface area contributed by atoms with Crippen LogP contribution in [0, 0.1) is 23.0 Å². The van der Waals surface area contributed by atoms with E-state index in [0.29, 0.717) is 17.0 Å².